The van der Waals surface area contributed by atoms with Crippen LogP contribution < -0.4 is 5.76 Å². The van der Waals surface area contributed by atoms with Crippen molar-refractivity contribution in [2.24, 2.45) is 5.92 Å². The Labute approximate surface area is 193 Å². The fourth-order valence-electron chi connectivity index (χ4n) is 2.62. The summed E-state index contributed by atoms with van der Waals surface area (Å²) in [6.45, 7) is 2.67. The van der Waals surface area contributed by atoms with Gasteiger partial charge in [-0.1, -0.05) is 13.0 Å². The second-order valence-corrected chi connectivity index (χ2v) is 6.60. The van der Waals surface area contributed by atoms with Gasteiger partial charge in [0.1, 0.15) is 0 Å². The third-order valence-corrected chi connectivity index (χ3v) is 3.84. The number of hydrogen-bond acceptors (Lipinski definition) is 3. The molecule has 142 valence electrons. The Morgan fingerprint density at radius 1 is 1.26 bits per heavy atom. The molecule has 1 heterocycles. The van der Waals surface area contributed by atoms with Gasteiger partial charge in [0.25, 0.3) is 0 Å². The van der Waals surface area contributed by atoms with E-state index in [2.05, 4.69) is 6.07 Å². The van der Waals surface area contributed by atoms with Crippen LogP contribution in [0, 0.1) is 47.5 Å². The van der Waals surface area contributed by atoms with Crippen molar-refractivity contribution >= 4 is 33.7 Å². The van der Waals surface area contributed by atoms with Crippen LogP contribution in [0.25, 0.3) is 22.2 Å². The molecule has 0 fully saturated rings. The Hall–Kier alpha value is -0.688. The third-order valence-electron chi connectivity index (χ3n) is 3.84. The minimum atomic E-state index is -1.61. The summed E-state index contributed by atoms with van der Waals surface area (Å²) < 4.78 is 25.8. The number of benzene rings is 2. The summed E-state index contributed by atoms with van der Waals surface area (Å²) in [5.41, 5.74) is 3.49. The topological polar surface area (TPSA) is 55.4 Å². The van der Waals surface area contributed by atoms with E-state index in [-0.39, 0.29) is 49.4 Å². The van der Waals surface area contributed by atoms with Gasteiger partial charge in [-0.2, -0.15) is 30.3 Å². The molecule has 0 radical (unpaired) electrons. The molecule has 3 aromatic rings. The summed E-state index contributed by atoms with van der Waals surface area (Å²) in [6, 6.07) is 16.4. The first-order chi connectivity index (χ1) is 12.4. The second kappa shape index (κ2) is 12.0. The van der Waals surface area contributed by atoms with Crippen LogP contribution >= 0.6 is 22.6 Å². The predicted molar refractivity (Wildman–Crippen MR) is 105 cm³/mol. The van der Waals surface area contributed by atoms with E-state index in [1.807, 2.05) is 49.4 Å². The van der Waals surface area contributed by atoms with Crippen molar-refractivity contribution in [1.29, 1.82) is 0 Å². The molecule has 0 bridgehead atoms. The fraction of sp³-hybridized carbons (Fsp3) is 0.263. The molecule has 1 unspecified atom stereocenters. The molecule has 1 atom stereocenters. The number of aliphatic hydroxyl groups is 1. The molecular weight excluding hydrogens is 693 g/mol. The molecule has 0 spiro atoms. The molecule has 0 aliphatic carbocycles. The van der Waals surface area contributed by atoms with Crippen LogP contribution in [0.1, 0.15) is 13.3 Å². The van der Waals surface area contributed by atoms with Gasteiger partial charge in [0.15, 0.2) is 5.58 Å². The van der Waals surface area contributed by atoms with Gasteiger partial charge in [0.2, 0.25) is 0 Å². The minimum Gasteiger partial charge on any atom is -0.409 e. The van der Waals surface area contributed by atoms with Crippen LogP contribution in [0.4, 0.5) is 8.78 Å². The number of aliphatic hydroxyl groups excluding tert-OH is 1. The Morgan fingerprint density at radius 3 is 2.48 bits per heavy atom. The van der Waals surface area contributed by atoms with E-state index in [0.717, 1.165) is 39.2 Å². The largest absolute Gasteiger partial charge is 2.00 e. The van der Waals surface area contributed by atoms with E-state index >= 15 is 0 Å². The van der Waals surface area contributed by atoms with E-state index in [0.29, 0.717) is 18.5 Å². The van der Waals surface area contributed by atoms with Crippen LogP contribution in [0.2, 0.25) is 0 Å². The maximum atomic E-state index is 12.1. The van der Waals surface area contributed by atoms with Crippen molar-refractivity contribution in [1.82, 2.24) is 4.57 Å². The number of rotatable bonds is 5. The molecule has 8 heteroatoms. The number of halogens is 3. The minimum absolute atomic E-state index is 0. The molecule has 2 aromatic carbocycles. The van der Waals surface area contributed by atoms with Crippen LogP contribution in [0.15, 0.2) is 51.7 Å². The Balaban J connectivity index is 0.000000666. The standard InChI is InChI=1S/C18H18NO3.CF2I.U/c1-13(9-10-20)12-19-16-11-15(14-5-3-2-4-6-14)7-8-17(16)22-18(19)21;2-1(3)4;/h3-8,11,13,20H,9-10,12H2,1H3;;/q2*-1;+2. The molecule has 0 amide bonds. The second-order valence-electron chi connectivity index (χ2n) is 5.78. The third kappa shape index (κ3) is 7.33. The summed E-state index contributed by atoms with van der Waals surface area (Å²) in [4.78, 5) is 12.1. The maximum absolute atomic E-state index is 12.1. The summed E-state index contributed by atoms with van der Waals surface area (Å²) in [5.74, 6) is -0.142. The Kier molecular flexibility index (Phi) is 10.8. The molecule has 4 nitrogen and oxygen atoms in total. The molecule has 0 saturated carbocycles. The molecule has 0 aliphatic rings. The molecule has 1 aromatic heterocycles. The SMILES string of the molecule is CC(CCO)Cn1c(=O)oc2ccc(-c3cc[c-]cc3)cc21.F[C-](F)I.[U+2]. The van der Waals surface area contributed by atoms with E-state index in [9.17, 15) is 13.6 Å². The van der Waals surface area contributed by atoms with Crippen LogP contribution in [0.3, 0.4) is 0 Å². The van der Waals surface area contributed by atoms with Crippen molar-refractivity contribution in [2.75, 3.05) is 6.61 Å². The van der Waals surface area contributed by atoms with E-state index in [1.165, 1.54) is 0 Å². The van der Waals surface area contributed by atoms with Crippen molar-refractivity contribution < 1.29 is 49.4 Å². The Morgan fingerprint density at radius 2 is 1.89 bits per heavy atom. The van der Waals surface area contributed by atoms with E-state index in [1.54, 1.807) is 4.57 Å². The molecule has 0 saturated heterocycles. The summed E-state index contributed by atoms with van der Waals surface area (Å²) in [6.07, 6.45) is 0.660. The van der Waals surface area contributed by atoms with Gasteiger partial charge in [0, 0.05) is 13.2 Å². The normalized spacial score (nSPS) is 11.6. The van der Waals surface area contributed by atoms with Gasteiger partial charge in [0.05, 0.1) is 9.95 Å². The van der Waals surface area contributed by atoms with E-state index in [4.69, 9.17) is 9.52 Å². The van der Waals surface area contributed by atoms with Gasteiger partial charge in [-0.05, 0) is 30.0 Å². The smallest absolute Gasteiger partial charge is 0.409 e. The van der Waals surface area contributed by atoms with Gasteiger partial charge in [-0.3, -0.25) is 4.57 Å². The molecule has 1 N–H and O–H groups in total. The zero-order valence-electron chi connectivity index (χ0n) is 14.6. The van der Waals surface area contributed by atoms with Crippen molar-refractivity contribution in [3.05, 3.63) is 63.5 Å². The number of fused-ring (bicyclic) bond motifs is 1. The predicted octanol–water partition coefficient (Wildman–Crippen LogP) is 4.89. The van der Waals surface area contributed by atoms with Crippen molar-refractivity contribution in [3.63, 3.8) is 0 Å². The van der Waals surface area contributed by atoms with Crippen molar-refractivity contribution in [2.45, 2.75) is 19.9 Å². The summed E-state index contributed by atoms with van der Waals surface area (Å²) in [5, 5.41) is 9.03. The van der Waals surface area contributed by atoms with Crippen LogP contribution in [-0.2, 0) is 6.54 Å². The molecule has 27 heavy (non-hydrogen) atoms. The summed E-state index contributed by atoms with van der Waals surface area (Å²) in [7, 11) is 0. The van der Waals surface area contributed by atoms with Crippen LogP contribution in [-0.4, -0.2) is 16.3 Å². The van der Waals surface area contributed by atoms with Gasteiger partial charge in [-0.15, -0.1) is 5.56 Å². The average molecular weight is 711 g/mol. The van der Waals surface area contributed by atoms with E-state index < -0.39 is 4.43 Å². The number of oxazole rings is 1. The van der Waals surface area contributed by atoms with Gasteiger partial charge >= 0.3 is 36.9 Å². The zero-order valence-corrected chi connectivity index (χ0v) is 20.9. The zero-order chi connectivity index (χ0) is 19.1. The number of nitrogens with zero attached hydrogens (tertiary/aromatic N) is 1. The number of hydrogen-bond donors (Lipinski definition) is 1. The molecule has 3 rings (SSSR count). The quantitative estimate of drug-likeness (QED) is 0.304. The van der Waals surface area contributed by atoms with Gasteiger partial charge in [-0.25, -0.2) is 27.4 Å². The maximum Gasteiger partial charge on any atom is 2.00 e. The molecule has 0 aliphatic heterocycles. The Bertz CT molecular complexity index is 881. The fourth-order valence-corrected chi connectivity index (χ4v) is 2.62. The monoisotopic (exact) mass is 711 g/mol. The van der Waals surface area contributed by atoms with Crippen LogP contribution in [0.5, 0.6) is 0 Å². The average Bonchev–Trinajstić information content (AvgIpc) is 2.90. The first kappa shape index (κ1) is 24.3. The first-order valence-electron chi connectivity index (χ1n) is 7.96. The number of aromatic nitrogens is 1. The first-order valence-corrected chi connectivity index (χ1v) is 9.04. The summed E-state index contributed by atoms with van der Waals surface area (Å²) >= 11 is 0.927. The molecular formula is C19H18F2INO3U. The van der Waals surface area contributed by atoms with Crippen molar-refractivity contribution in [3.8, 4) is 11.1 Å². The van der Waals surface area contributed by atoms with Gasteiger partial charge < -0.3 is 18.3 Å².